The lowest BCUT2D eigenvalue weighted by molar-refractivity contribution is -0.108. The van der Waals surface area contributed by atoms with Crippen LogP contribution in [0.4, 0.5) is 11.6 Å². The van der Waals surface area contributed by atoms with Gasteiger partial charge in [-0.1, -0.05) is 23.7 Å². The molecule has 0 aliphatic carbocycles. The molecule has 0 aliphatic rings. The van der Waals surface area contributed by atoms with Crippen LogP contribution >= 0.6 is 11.6 Å². The van der Waals surface area contributed by atoms with Gasteiger partial charge in [-0.25, -0.2) is 19.1 Å². The van der Waals surface area contributed by atoms with Gasteiger partial charge < -0.3 is 25.3 Å². The fourth-order valence-electron chi connectivity index (χ4n) is 3.19. The Morgan fingerprint density at radius 2 is 1.65 bits per heavy atom. The Labute approximate surface area is 217 Å². The summed E-state index contributed by atoms with van der Waals surface area (Å²) in [5.41, 5.74) is 4.33. The Bertz CT molecular complexity index is 1440. The van der Waals surface area contributed by atoms with Crippen LogP contribution in [-0.4, -0.2) is 39.5 Å². The summed E-state index contributed by atoms with van der Waals surface area (Å²) in [6, 6.07) is 17.2. The third kappa shape index (κ3) is 7.03. The number of rotatable bonds is 9. The van der Waals surface area contributed by atoms with Crippen LogP contribution in [0.1, 0.15) is 5.56 Å². The van der Waals surface area contributed by atoms with E-state index in [4.69, 9.17) is 21.1 Å². The molecule has 192 valence electrons. The Morgan fingerprint density at radius 3 is 2.24 bits per heavy atom. The molecule has 0 radical (unpaired) electrons. The summed E-state index contributed by atoms with van der Waals surface area (Å²) in [4.78, 5) is 44.4. The van der Waals surface area contributed by atoms with Gasteiger partial charge in [0, 0.05) is 16.8 Å². The van der Waals surface area contributed by atoms with Crippen molar-refractivity contribution in [1.29, 1.82) is 0 Å². The van der Waals surface area contributed by atoms with Crippen molar-refractivity contribution in [2.45, 2.75) is 13.1 Å². The number of carbonyl (C=O) groups excluding carboxylic acids is 1. The summed E-state index contributed by atoms with van der Waals surface area (Å²) in [7, 11) is 3.03. The first-order valence-corrected chi connectivity index (χ1v) is 11.4. The number of halogens is 1. The number of nitrogens with two attached hydrogens (primary N) is 1. The molecule has 0 bridgehead atoms. The summed E-state index contributed by atoms with van der Waals surface area (Å²) in [6.07, 6.45) is 2.01. The largest absolute Gasteiger partial charge is 0.481 e. The maximum atomic E-state index is 13.0. The molecule has 3 N–H and O–H groups in total. The monoisotopic (exact) mass is 524 g/mol. The van der Waals surface area contributed by atoms with Gasteiger partial charge in [-0.2, -0.15) is 4.98 Å². The van der Waals surface area contributed by atoms with Gasteiger partial charge in [-0.3, -0.25) is 4.57 Å². The highest BCUT2D eigenvalue weighted by molar-refractivity contribution is 6.30. The summed E-state index contributed by atoms with van der Waals surface area (Å²) in [5, 5.41) is 3.55. The van der Waals surface area contributed by atoms with E-state index in [2.05, 4.69) is 21.0 Å². The van der Waals surface area contributed by atoms with Crippen molar-refractivity contribution >= 4 is 29.5 Å². The Kier molecular flexibility index (Phi) is 9.53. The molecule has 0 saturated heterocycles. The van der Waals surface area contributed by atoms with E-state index in [9.17, 15) is 14.4 Å². The second-order valence-electron chi connectivity index (χ2n) is 7.28. The minimum atomic E-state index is -0.830. The molecule has 0 amide bonds. The predicted octanol–water partition coefficient (Wildman–Crippen LogP) is 2.82. The van der Waals surface area contributed by atoms with Gasteiger partial charge in [0.05, 0.1) is 26.4 Å². The van der Waals surface area contributed by atoms with Crippen molar-refractivity contribution in [1.82, 2.24) is 19.1 Å². The average molecular weight is 525 g/mol. The molecule has 37 heavy (non-hydrogen) atoms. The molecule has 2 heterocycles. The quantitative estimate of drug-likeness (QED) is 0.316. The Morgan fingerprint density at radius 1 is 0.973 bits per heavy atom. The van der Waals surface area contributed by atoms with E-state index in [1.165, 1.54) is 18.7 Å². The molecule has 0 fully saturated rings. The number of anilines is 2. The molecular weight excluding hydrogens is 500 g/mol. The van der Waals surface area contributed by atoms with Crippen LogP contribution in [0, 0.1) is 0 Å². The van der Waals surface area contributed by atoms with Gasteiger partial charge in [-0.15, -0.1) is 0 Å². The first-order chi connectivity index (χ1) is 18.0. The highest BCUT2D eigenvalue weighted by Gasteiger charge is 2.14. The van der Waals surface area contributed by atoms with Gasteiger partial charge in [0.25, 0.3) is 0 Å². The van der Waals surface area contributed by atoms with Crippen molar-refractivity contribution in [2.75, 3.05) is 19.5 Å². The number of nitrogens with zero attached hydrogens (tertiary/aromatic N) is 4. The lowest BCUT2D eigenvalue weighted by atomic mass is 10.2. The zero-order valence-electron chi connectivity index (χ0n) is 20.1. The third-order valence-electron chi connectivity index (χ3n) is 4.93. The summed E-state index contributed by atoms with van der Waals surface area (Å²) in [5.74, 6) is 1.59. The van der Waals surface area contributed by atoms with Crippen molar-refractivity contribution < 1.29 is 14.3 Å². The molecule has 0 unspecified atom stereocenters. The van der Waals surface area contributed by atoms with Crippen molar-refractivity contribution in [3.8, 4) is 17.4 Å². The number of hydrogen-bond donors (Lipinski definition) is 2. The zero-order valence-corrected chi connectivity index (χ0v) is 20.9. The maximum absolute atomic E-state index is 13.0. The first kappa shape index (κ1) is 27.1. The van der Waals surface area contributed by atoms with Crippen molar-refractivity contribution in [3.05, 3.63) is 98.4 Å². The van der Waals surface area contributed by atoms with E-state index in [0.717, 1.165) is 10.1 Å². The predicted molar refractivity (Wildman–Crippen MR) is 140 cm³/mol. The molecule has 12 heteroatoms. The Hall–Kier alpha value is -4.48. The highest BCUT2D eigenvalue weighted by Crippen LogP contribution is 2.24. The fourth-order valence-corrected chi connectivity index (χ4v) is 3.32. The minimum Gasteiger partial charge on any atom is -0.481 e. The van der Waals surface area contributed by atoms with E-state index in [1.54, 1.807) is 66.9 Å². The van der Waals surface area contributed by atoms with Crippen LogP contribution in [-0.2, 0) is 17.9 Å². The molecule has 2 aromatic heterocycles. The van der Waals surface area contributed by atoms with Crippen molar-refractivity contribution in [2.24, 2.45) is 5.73 Å². The normalized spacial score (nSPS) is 10.2. The van der Waals surface area contributed by atoms with Gasteiger partial charge in [0.15, 0.2) is 0 Å². The van der Waals surface area contributed by atoms with Gasteiger partial charge in [-0.05, 0) is 55.1 Å². The summed E-state index contributed by atoms with van der Waals surface area (Å²) >= 11 is 5.95. The molecule has 0 atom stereocenters. The number of aromatic nitrogens is 4. The Balaban J connectivity index is 0.00000186. The molecule has 11 nitrogen and oxygen atoms in total. The number of ether oxygens (including phenoxy) is 2. The zero-order chi connectivity index (χ0) is 26.8. The number of aldehydes is 1. The molecule has 2 aromatic carbocycles. The number of hydrogen-bond acceptors (Lipinski definition) is 9. The standard InChI is InChI=1S/C24H20ClN5O5.CH5N/c1-34-21-11-10-20(14-26-21)35-19-8-6-18(7-9-19)27-22-28-23(32)29(12-13-31)24(33)30(22)15-16-2-4-17(25)5-3-16;1-2/h2-11,13-14H,12,15H2,1H3,(H,27,28,32);2H2,1H3. The molecule has 0 aliphatic heterocycles. The summed E-state index contributed by atoms with van der Waals surface area (Å²) < 4.78 is 12.8. The van der Waals surface area contributed by atoms with E-state index in [0.29, 0.717) is 34.4 Å². The maximum Gasteiger partial charge on any atom is 0.355 e. The molecule has 4 aromatic rings. The van der Waals surface area contributed by atoms with Gasteiger partial charge >= 0.3 is 11.4 Å². The second-order valence-corrected chi connectivity index (χ2v) is 7.71. The van der Waals surface area contributed by atoms with Crippen LogP contribution in [0.15, 0.2) is 76.4 Å². The van der Waals surface area contributed by atoms with E-state index >= 15 is 0 Å². The smallest absolute Gasteiger partial charge is 0.355 e. The molecular formula is C25H25ClN6O5. The molecule has 0 spiro atoms. The van der Waals surface area contributed by atoms with Crippen LogP contribution in [0.3, 0.4) is 0 Å². The number of carbonyl (C=O) groups is 1. The van der Waals surface area contributed by atoms with E-state index < -0.39 is 17.9 Å². The lowest BCUT2D eigenvalue weighted by Gasteiger charge is -2.15. The number of benzene rings is 2. The van der Waals surface area contributed by atoms with Crippen LogP contribution in [0.5, 0.6) is 17.4 Å². The van der Waals surface area contributed by atoms with Crippen LogP contribution in [0.25, 0.3) is 0 Å². The van der Waals surface area contributed by atoms with Crippen molar-refractivity contribution in [3.63, 3.8) is 0 Å². The van der Waals surface area contributed by atoms with Gasteiger partial charge in [0.2, 0.25) is 11.8 Å². The minimum absolute atomic E-state index is 0.0325. The molecule has 4 rings (SSSR count). The van der Waals surface area contributed by atoms with Crippen LogP contribution in [0.2, 0.25) is 5.02 Å². The summed E-state index contributed by atoms with van der Waals surface area (Å²) in [6.45, 7) is -0.284. The SMILES string of the molecule is CN.COc1ccc(Oc2ccc(Nc3nc(=O)n(CC=O)c(=O)n3Cc3ccc(Cl)cc3)cc2)cn1. The lowest BCUT2D eigenvalue weighted by Crippen LogP contribution is -2.43. The average Bonchev–Trinajstić information content (AvgIpc) is 2.92. The number of pyridine rings is 1. The topological polar surface area (TPSA) is 143 Å². The van der Waals surface area contributed by atoms with E-state index in [-0.39, 0.29) is 12.5 Å². The second kappa shape index (κ2) is 13.0. The van der Waals surface area contributed by atoms with Crippen LogP contribution < -0.4 is 31.9 Å². The number of methoxy groups -OCH3 is 1. The number of nitrogens with one attached hydrogen (secondary N) is 1. The third-order valence-corrected chi connectivity index (χ3v) is 5.18. The molecule has 0 saturated carbocycles. The van der Waals surface area contributed by atoms with E-state index in [1.807, 2.05) is 0 Å². The first-order valence-electron chi connectivity index (χ1n) is 11.0. The fraction of sp³-hybridized carbons (Fsp3) is 0.160. The van der Waals surface area contributed by atoms with Gasteiger partial charge in [0.1, 0.15) is 17.8 Å². The highest BCUT2D eigenvalue weighted by atomic mass is 35.5.